The molecule has 0 saturated carbocycles. The van der Waals surface area contributed by atoms with Gasteiger partial charge in [-0.1, -0.05) is 164 Å². The molecule has 20 radical (unpaired) electrons. The summed E-state index contributed by atoms with van der Waals surface area (Å²) in [6.07, 6.45) is 8.17. The monoisotopic (exact) mass is 904 g/mol. The second kappa shape index (κ2) is 15.9. The smallest absolute Gasteiger partial charge is 0.657 e. The van der Waals surface area contributed by atoms with Crippen LogP contribution in [0.1, 0.15) is 45.0 Å². The van der Waals surface area contributed by atoms with Crippen molar-refractivity contribution < 1.29 is 19.5 Å². The third kappa shape index (κ3) is 7.28. The van der Waals surface area contributed by atoms with Crippen LogP contribution in [0.5, 0.6) is 0 Å². The zero-order chi connectivity index (χ0) is 46.5. The molecule has 3 aromatic heterocycles. The molecule has 13 rings (SSSR count). The molecule has 4 aromatic carbocycles. The SMILES string of the molecule is [B]C1[B]C1([B])c1cccc(-c2c3nc(c(-c4cccc(C5([B])[B]C5[B])c4)c4ccc([n-]4)c(-c4cccc(C5([B])[B]C5[B])c4)c4ccc([n-]4)c(-c4cccc(C5([B])[B]C5[B])c4)c4nc2C=C4)C=C3)c1.[Zn+2]. The predicted molar refractivity (Wildman–Crippen MR) is 289 cm³/mol. The zero-order valence-corrected chi connectivity index (χ0v) is 40.6. The van der Waals surface area contributed by atoms with Crippen LogP contribution < -0.4 is 9.97 Å². The number of benzene rings is 4. The molecule has 7 aromatic rings. The molecule has 4 fully saturated rings. The number of nitrogens with zero attached hydrogens (tertiary/aromatic N) is 4. The van der Waals surface area contributed by atoms with Crippen LogP contribution >= 0.6 is 0 Å². The number of fused-ring (bicyclic) bond motifs is 8. The minimum absolute atomic E-state index is 0. The molecule has 69 heavy (non-hydrogen) atoms. The molecule has 8 atom stereocenters. The molecule has 9 heterocycles. The Hall–Kier alpha value is -5.12. The summed E-state index contributed by atoms with van der Waals surface area (Å²) in [5.41, 5.74) is 15.2. The Kier molecular flexibility index (Phi) is 10.4. The van der Waals surface area contributed by atoms with Gasteiger partial charge in [0.05, 0.1) is 85.5 Å². The van der Waals surface area contributed by atoms with E-state index < -0.39 is 20.9 Å². The Morgan fingerprint density at radius 3 is 0.899 bits per heavy atom. The molecule has 8 unspecified atom stereocenters. The average Bonchev–Trinajstić information content (AvgIpc) is 4.09. The van der Waals surface area contributed by atoms with Crippen LogP contribution in [0.25, 0.3) is 90.9 Å². The molecule has 6 aliphatic rings. The number of hydrogen-bond donors (Lipinski definition) is 0. The molecule has 0 amide bonds. The first-order chi connectivity index (χ1) is 32.7. The van der Waals surface area contributed by atoms with Gasteiger partial charge in [0.1, 0.15) is 29.1 Å². The molecule has 0 aliphatic carbocycles. The van der Waals surface area contributed by atoms with Crippen LogP contribution in [0.3, 0.4) is 0 Å². The van der Waals surface area contributed by atoms with Crippen molar-refractivity contribution in [3.63, 3.8) is 0 Å². The van der Waals surface area contributed by atoms with Crippen molar-refractivity contribution in [2.75, 3.05) is 0 Å². The Morgan fingerprint density at radius 2 is 0.609 bits per heavy atom. The van der Waals surface area contributed by atoms with Gasteiger partial charge in [-0.05, 0) is 63.2 Å². The molecule has 17 heteroatoms. The number of rotatable bonds is 8. The second-order valence-electron chi connectivity index (χ2n) is 19.2. The third-order valence-electron chi connectivity index (χ3n) is 14.8. The fourth-order valence-corrected chi connectivity index (χ4v) is 10.2. The van der Waals surface area contributed by atoms with Gasteiger partial charge in [-0.3, -0.25) is 0 Å². The summed E-state index contributed by atoms with van der Waals surface area (Å²) < 4.78 is 0. The molecule has 0 spiro atoms. The van der Waals surface area contributed by atoms with Crippen molar-refractivity contribution in [2.45, 2.75) is 43.7 Å². The van der Waals surface area contributed by atoms with Crippen LogP contribution in [0, 0.1) is 0 Å². The van der Waals surface area contributed by atoms with E-state index in [4.69, 9.17) is 82.7 Å². The first-order valence-corrected chi connectivity index (χ1v) is 22.8. The maximum absolute atomic E-state index is 6.80. The minimum Gasteiger partial charge on any atom is -0.657 e. The van der Waals surface area contributed by atoms with Gasteiger partial charge in [0.25, 0.3) is 0 Å². The molecule has 4 nitrogen and oxygen atoms in total. The van der Waals surface area contributed by atoms with Crippen LogP contribution in [-0.2, 0) is 40.3 Å². The average molecular weight is 904 g/mol. The largest absolute Gasteiger partial charge is 2.00 e. The van der Waals surface area contributed by atoms with E-state index in [9.17, 15) is 0 Å². The van der Waals surface area contributed by atoms with E-state index in [-0.39, 0.29) is 42.3 Å². The minimum atomic E-state index is -0.736. The van der Waals surface area contributed by atoms with Gasteiger partial charge in [0.2, 0.25) is 0 Å². The van der Waals surface area contributed by atoms with Gasteiger partial charge < -0.3 is 9.97 Å². The number of hydrogen-bond acceptors (Lipinski definition) is 2. The van der Waals surface area contributed by atoms with Crippen LogP contribution in [0.4, 0.5) is 0 Å². The maximum Gasteiger partial charge on any atom is 2.00 e. The Morgan fingerprint density at radius 1 is 0.362 bits per heavy atom. The standard InChI is InChI=1S/C52H28B12N4.Zn/c53-45-49(57,61-45)29-9-1-5-25(21-29)41-33-13-15-35(65-33)42(26-6-2-10-30(22-26)50(58)46(54)62-50)37-17-19-39(67-37)44(28-8-4-12-32(24-28)52(60)48(56)64-52)40-20-18-38(68-40)43(36-16-14-34(41)66-36)27-7-3-11-31(23-27)51(59)47(55)63-51;/h1-24,45-48H;/q-2;+2. The summed E-state index contributed by atoms with van der Waals surface area (Å²) in [6.45, 7) is 0. The molecule has 8 bridgehead atoms. The van der Waals surface area contributed by atoms with E-state index in [1.54, 1.807) is 0 Å². The van der Waals surface area contributed by atoms with Crippen LogP contribution in [0.2, 0.25) is 22.9 Å². The maximum atomic E-state index is 6.80. The number of aromatic nitrogens is 4. The summed E-state index contributed by atoms with van der Waals surface area (Å²) >= 11 is 0. The first-order valence-electron chi connectivity index (χ1n) is 22.8. The fourth-order valence-electron chi connectivity index (χ4n) is 10.2. The van der Waals surface area contributed by atoms with E-state index in [1.807, 2.05) is 126 Å². The van der Waals surface area contributed by atoms with Gasteiger partial charge in [0, 0.05) is 5.56 Å². The van der Waals surface area contributed by atoms with Gasteiger partial charge >= 0.3 is 19.5 Å². The van der Waals surface area contributed by atoms with Crippen LogP contribution in [-0.4, -0.2) is 102 Å². The van der Waals surface area contributed by atoms with Gasteiger partial charge in [-0.25, -0.2) is 9.97 Å². The van der Waals surface area contributed by atoms with Crippen molar-refractivity contribution in [1.82, 2.24) is 19.9 Å². The zero-order valence-electron chi connectivity index (χ0n) is 37.6. The quantitative estimate of drug-likeness (QED) is 0.166. The normalized spacial score (nSPS) is 27.5. The van der Waals surface area contributed by atoms with E-state index in [0.29, 0.717) is 44.8 Å². The van der Waals surface area contributed by atoms with Crippen molar-refractivity contribution in [3.05, 3.63) is 166 Å². The van der Waals surface area contributed by atoms with Gasteiger partial charge in [-0.15, -0.1) is 44.9 Å². The summed E-state index contributed by atoms with van der Waals surface area (Å²) in [7, 11) is 60.5. The molecular formula is C52H28B12N4Zn. The Labute approximate surface area is 429 Å². The fraction of sp³-hybridized carbons (Fsp3) is 0.154. The van der Waals surface area contributed by atoms with Gasteiger partial charge in [0.15, 0.2) is 0 Å². The van der Waals surface area contributed by atoms with Crippen LogP contribution in [0.15, 0.2) is 121 Å². The van der Waals surface area contributed by atoms with E-state index >= 15 is 0 Å². The van der Waals surface area contributed by atoms with Crippen molar-refractivity contribution in [3.8, 4) is 44.5 Å². The molecule has 4 saturated heterocycles. The van der Waals surface area contributed by atoms with E-state index in [2.05, 4.69) is 48.5 Å². The summed E-state index contributed by atoms with van der Waals surface area (Å²) in [6, 6.07) is 40.9. The van der Waals surface area contributed by atoms with Crippen molar-refractivity contribution >= 4 is 138 Å². The first kappa shape index (κ1) is 45.0. The molecular weight excluding hydrogens is 876 g/mol. The van der Waals surface area contributed by atoms with Gasteiger partial charge in [-0.2, -0.15) is 0 Å². The summed E-state index contributed by atoms with van der Waals surface area (Å²) in [4.78, 5) is 21.9. The topological polar surface area (TPSA) is 54.0 Å². The Balaban J connectivity index is 0.00000492. The molecule has 294 valence electrons. The van der Waals surface area contributed by atoms with Crippen molar-refractivity contribution in [2.24, 2.45) is 0 Å². The Bertz CT molecular complexity index is 3410. The van der Waals surface area contributed by atoms with E-state index in [1.165, 1.54) is 0 Å². The molecule has 6 aliphatic heterocycles. The summed E-state index contributed by atoms with van der Waals surface area (Å²) in [5, 5.41) is -2.94. The second-order valence-corrected chi connectivity index (χ2v) is 19.2. The predicted octanol–water partition coefficient (Wildman–Crippen LogP) is 6.39. The van der Waals surface area contributed by atoms with Crippen molar-refractivity contribution in [1.29, 1.82) is 0 Å². The summed E-state index contributed by atoms with van der Waals surface area (Å²) in [5.74, 6) is 0. The third-order valence-corrected chi connectivity index (χ3v) is 14.8. The molecule has 0 N–H and O–H groups in total. The van der Waals surface area contributed by atoms with E-state index in [0.717, 1.165) is 66.8 Å².